The molecule has 0 amide bonds. The Hall–Kier alpha value is -1.72. The lowest BCUT2D eigenvalue weighted by molar-refractivity contribution is 0.416. The maximum absolute atomic E-state index is 6.15. The summed E-state index contributed by atoms with van der Waals surface area (Å²) in [5.74, 6) is 0. The highest BCUT2D eigenvalue weighted by Crippen LogP contribution is 2.51. The number of benzene rings is 3. The fourth-order valence-corrected chi connectivity index (χ4v) is 4.96. The van der Waals surface area contributed by atoms with Crippen molar-refractivity contribution in [3.05, 3.63) is 111 Å². The normalized spacial score (nSPS) is 20.0. The molecule has 146 valence electrons. The molecule has 2 aliphatic heterocycles. The number of hydrogen-bond donors (Lipinski definition) is 0. The van der Waals surface area contributed by atoms with E-state index in [0.29, 0.717) is 0 Å². The number of rotatable bonds is 3. The van der Waals surface area contributed by atoms with Crippen LogP contribution in [0.5, 0.6) is 0 Å². The highest BCUT2D eigenvalue weighted by atomic mass is 79.9. The first-order valence-corrected chi connectivity index (χ1v) is 10.6. The van der Waals surface area contributed by atoms with Crippen molar-refractivity contribution in [1.82, 2.24) is 4.90 Å². The standard InChI is InChI=1S/C23H16Cl2N2S.BrH/c24-18-10-6-16(7-11-18)21-22(17-8-12-19(25)13-9-17)27-20(14-28-23(27)26-21)15-4-2-1-3-5-15;/h1-14,21-22H;1H. The molecule has 2 unspecified atom stereocenters. The number of fused-ring (bicyclic) bond motifs is 1. The monoisotopic (exact) mass is 502 g/mol. The average molecular weight is 504 g/mol. The fourth-order valence-electron chi connectivity index (χ4n) is 3.74. The Bertz CT molecular complexity index is 1070. The molecule has 0 spiro atoms. The Morgan fingerprint density at radius 1 is 0.759 bits per heavy atom. The van der Waals surface area contributed by atoms with Gasteiger partial charge in [-0.1, -0.05) is 89.6 Å². The number of hydrogen-bond acceptors (Lipinski definition) is 3. The molecule has 2 heterocycles. The van der Waals surface area contributed by atoms with E-state index in [1.54, 1.807) is 11.8 Å². The maximum atomic E-state index is 6.15. The van der Waals surface area contributed by atoms with Crippen LogP contribution < -0.4 is 0 Å². The summed E-state index contributed by atoms with van der Waals surface area (Å²) in [5, 5.41) is 4.69. The largest absolute Gasteiger partial charge is 0.310 e. The van der Waals surface area contributed by atoms with Gasteiger partial charge < -0.3 is 4.90 Å². The van der Waals surface area contributed by atoms with Crippen molar-refractivity contribution in [2.24, 2.45) is 4.99 Å². The molecule has 0 N–H and O–H groups in total. The van der Waals surface area contributed by atoms with Crippen LogP contribution >= 0.6 is 51.9 Å². The molecule has 5 rings (SSSR count). The highest BCUT2D eigenvalue weighted by Gasteiger charge is 2.42. The molecule has 0 aromatic heterocycles. The molecule has 3 aromatic rings. The number of thioether (sulfide) groups is 1. The maximum Gasteiger partial charge on any atom is 0.169 e. The quantitative estimate of drug-likeness (QED) is 0.362. The lowest BCUT2D eigenvalue weighted by Gasteiger charge is -2.30. The summed E-state index contributed by atoms with van der Waals surface area (Å²) in [7, 11) is 0. The zero-order valence-corrected chi connectivity index (χ0v) is 19.2. The third kappa shape index (κ3) is 3.87. The van der Waals surface area contributed by atoms with Gasteiger partial charge in [0.15, 0.2) is 5.17 Å². The molecular weight excluding hydrogens is 487 g/mol. The zero-order valence-electron chi connectivity index (χ0n) is 15.2. The van der Waals surface area contributed by atoms with Crippen LogP contribution in [0.15, 0.2) is 89.3 Å². The van der Waals surface area contributed by atoms with Gasteiger partial charge in [0.1, 0.15) is 6.04 Å². The summed E-state index contributed by atoms with van der Waals surface area (Å²) in [6.45, 7) is 0. The second-order valence-electron chi connectivity index (χ2n) is 6.76. The van der Waals surface area contributed by atoms with Crippen LogP contribution in [0.2, 0.25) is 10.0 Å². The molecular formula is C23H17BrCl2N2S. The predicted octanol–water partition coefficient (Wildman–Crippen LogP) is 7.77. The molecule has 2 aliphatic rings. The van der Waals surface area contributed by atoms with Gasteiger partial charge in [-0.05, 0) is 41.0 Å². The van der Waals surface area contributed by atoms with E-state index in [2.05, 4.69) is 58.8 Å². The highest BCUT2D eigenvalue weighted by molar-refractivity contribution is 8.93. The smallest absolute Gasteiger partial charge is 0.169 e. The average Bonchev–Trinajstić information content (AvgIpc) is 3.29. The Morgan fingerprint density at radius 3 is 1.97 bits per heavy atom. The SMILES string of the molecule is Br.Clc1ccc(C2N=C3SC=C(c4ccccc4)N3C2c2ccc(Cl)cc2)cc1. The first-order chi connectivity index (χ1) is 13.7. The minimum atomic E-state index is -0.00615. The van der Waals surface area contributed by atoms with E-state index < -0.39 is 0 Å². The van der Waals surface area contributed by atoms with Crippen LogP contribution in [0.25, 0.3) is 5.70 Å². The van der Waals surface area contributed by atoms with Crippen LogP contribution in [-0.4, -0.2) is 10.1 Å². The Morgan fingerprint density at radius 2 is 1.34 bits per heavy atom. The van der Waals surface area contributed by atoms with Crippen molar-refractivity contribution < 1.29 is 0 Å². The molecule has 2 nitrogen and oxygen atoms in total. The van der Waals surface area contributed by atoms with Crippen LogP contribution in [0.4, 0.5) is 0 Å². The minimum Gasteiger partial charge on any atom is -0.310 e. The molecule has 3 aromatic carbocycles. The second-order valence-corrected chi connectivity index (χ2v) is 8.47. The van der Waals surface area contributed by atoms with E-state index in [1.807, 2.05) is 30.3 Å². The second kappa shape index (κ2) is 8.57. The van der Waals surface area contributed by atoms with E-state index in [4.69, 9.17) is 28.2 Å². The van der Waals surface area contributed by atoms with Gasteiger partial charge >= 0.3 is 0 Å². The fraction of sp³-hybridized carbons (Fsp3) is 0.0870. The predicted molar refractivity (Wildman–Crippen MR) is 130 cm³/mol. The van der Waals surface area contributed by atoms with E-state index in [-0.39, 0.29) is 29.1 Å². The summed E-state index contributed by atoms with van der Waals surface area (Å²) in [4.78, 5) is 7.43. The van der Waals surface area contributed by atoms with Crippen molar-refractivity contribution in [3.8, 4) is 0 Å². The Kier molecular flexibility index (Phi) is 6.07. The molecule has 29 heavy (non-hydrogen) atoms. The van der Waals surface area contributed by atoms with Crippen molar-refractivity contribution in [3.63, 3.8) is 0 Å². The Balaban J connectivity index is 0.00000205. The molecule has 2 atom stereocenters. The lowest BCUT2D eigenvalue weighted by Crippen LogP contribution is -2.26. The van der Waals surface area contributed by atoms with Crippen molar-refractivity contribution in [1.29, 1.82) is 0 Å². The van der Waals surface area contributed by atoms with Crippen LogP contribution in [0.1, 0.15) is 28.8 Å². The van der Waals surface area contributed by atoms with Gasteiger partial charge in [0.05, 0.1) is 11.7 Å². The first-order valence-electron chi connectivity index (χ1n) is 9.01. The van der Waals surface area contributed by atoms with E-state index in [9.17, 15) is 0 Å². The summed E-state index contributed by atoms with van der Waals surface area (Å²) in [5.41, 5.74) is 4.71. The summed E-state index contributed by atoms with van der Waals surface area (Å²) in [6.07, 6.45) is 0. The van der Waals surface area contributed by atoms with E-state index in [1.165, 1.54) is 16.8 Å². The Labute approximate surface area is 195 Å². The molecule has 0 saturated heterocycles. The van der Waals surface area contributed by atoms with Gasteiger partial charge in [0, 0.05) is 15.5 Å². The van der Waals surface area contributed by atoms with E-state index in [0.717, 1.165) is 20.8 Å². The van der Waals surface area contributed by atoms with Gasteiger partial charge in [-0.15, -0.1) is 17.0 Å². The zero-order chi connectivity index (χ0) is 19.1. The molecule has 0 saturated carbocycles. The number of halogens is 3. The minimum absolute atomic E-state index is 0. The van der Waals surface area contributed by atoms with Gasteiger partial charge in [-0.3, -0.25) is 4.99 Å². The van der Waals surface area contributed by atoms with Gasteiger partial charge in [-0.2, -0.15) is 0 Å². The third-order valence-corrected chi connectivity index (χ3v) is 6.42. The number of aliphatic imine (C=N–C) groups is 1. The third-order valence-electron chi connectivity index (χ3n) is 5.06. The number of amidine groups is 1. The van der Waals surface area contributed by atoms with Crippen molar-refractivity contribution >= 4 is 62.8 Å². The van der Waals surface area contributed by atoms with Crippen molar-refractivity contribution in [2.45, 2.75) is 12.1 Å². The topological polar surface area (TPSA) is 15.6 Å². The molecule has 0 radical (unpaired) electrons. The van der Waals surface area contributed by atoms with Gasteiger partial charge in [0.25, 0.3) is 0 Å². The molecule has 0 aliphatic carbocycles. The van der Waals surface area contributed by atoms with Crippen LogP contribution in [0.3, 0.4) is 0 Å². The first kappa shape index (κ1) is 20.5. The molecule has 0 bridgehead atoms. The summed E-state index contributed by atoms with van der Waals surface area (Å²) < 4.78 is 0. The number of nitrogens with zero attached hydrogens (tertiary/aromatic N) is 2. The molecule has 6 heteroatoms. The van der Waals surface area contributed by atoms with E-state index >= 15 is 0 Å². The van der Waals surface area contributed by atoms with Crippen LogP contribution in [0, 0.1) is 0 Å². The van der Waals surface area contributed by atoms with Gasteiger partial charge in [-0.25, -0.2) is 0 Å². The van der Waals surface area contributed by atoms with Gasteiger partial charge in [0.2, 0.25) is 0 Å². The molecule has 0 fully saturated rings. The summed E-state index contributed by atoms with van der Waals surface area (Å²) >= 11 is 13.9. The lowest BCUT2D eigenvalue weighted by atomic mass is 9.93. The van der Waals surface area contributed by atoms with Crippen molar-refractivity contribution in [2.75, 3.05) is 0 Å². The summed E-state index contributed by atoms with van der Waals surface area (Å²) in [6, 6.07) is 26.6. The van der Waals surface area contributed by atoms with Crippen LogP contribution in [-0.2, 0) is 0 Å².